The van der Waals surface area contributed by atoms with Crippen molar-refractivity contribution in [1.82, 2.24) is 5.32 Å². The lowest BCUT2D eigenvalue weighted by molar-refractivity contribution is 0.0949. The molecule has 1 heterocycles. The molecule has 1 aromatic heterocycles. The maximum Gasteiger partial charge on any atom is 0.265 e. The van der Waals surface area contributed by atoms with E-state index < -0.39 is 0 Å². The van der Waals surface area contributed by atoms with Crippen LogP contribution in [0.1, 0.15) is 26.5 Å². The second kappa shape index (κ2) is 7.56. The maximum atomic E-state index is 11.9. The highest BCUT2D eigenvalue weighted by Gasteiger charge is 2.09. The van der Waals surface area contributed by atoms with Crippen molar-refractivity contribution < 1.29 is 14.7 Å². The number of aliphatic hydroxyl groups is 1. The summed E-state index contributed by atoms with van der Waals surface area (Å²) in [6.45, 7) is 0.457. The van der Waals surface area contributed by atoms with Crippen LogP contribution in [0.3, 0.4) is 0 Å². The van der Waals surface area contributed by atoms with Crippen molar-refractivity contribution in [2.45, 2.75) is 6.42 Å². The van der Waals surface area contributed by atoms with Crippen LogP contribution in [0, 0.1) is 0 Å². The van der Waals surface area contributed by atoms with Gasteiger partial charge in [0.15, 0.2) is 0 Å². The van der Waals surface area contributed by atoms with Gasteiger partial charge in [0.05, 0.1) is 4.88 Å². The zero-order valence-electron chi connectivity index (χ0n) is 11.3. The second-order valence-electron chi connectivity index (χ2n) is 4.35. The van der Waals surface area contributed by atoms with E-state index in [4.69, 9.17) is 5.11 Å². The Labute approximate surface area is 126 Å². The number of rotatable bonds is 6. The van der Waals surface area contributed by atoms with Gasteiger partial charge in [-0.25, -0.2) is 0 Å². The Morgan fingerprint density at radius 1 is 1.14 bits per heavy atom. The molecule has 2 aromatic rings. The Kier molecular flexibility index (Phi) is 5.48. The number of amides is 2. The molecule has 21 heavy (non-hydrogen) atoms. The quantitative estimate of drug-likeness (QED) is 0.715. The Bertz CT molecular complexity index is 611. The van der Waals surface area contributed by atoms with Gasteiger partial charge in [-0.15, -0.1) is 11.3 Å². The van der Waals surface area contributed by atoms with Gasteiger partial charge in [0.2, 0.25) is 0 Å². The van der Waals surface area contributed by atoms with E-state index in [1.54, 1.807) is 30.3 Å². The molecular formula is C15H16N2O3S. The first-order valence-electron chi connectivity index (χ1n) is 6.54. The van der Waals surface area contributed by atoms with Crippen LogP contribution in [-0.2, 0) is 0 Å². The summed E-state index contributed by atoms with van der Waals surface area (Å²) < 4.78 is 0. The lowest BCUT2D eigenvalue weighted by Crippen LogP contribution is -2.25. The average molecular weight is 304 g/mol. The minimum absolute atomic E-state index is 0.0389. The zero-order valence-corrected chi connectivity index (χ0v) is 12.2. The van der Waals surface area contributed by atoms with Gasteiger partial charge in [0, 0.05) is 24.4 Å². The molecule has 5 nitrogen and oxygen atoms in total. The largest absolute Gasteiger partial charge is 0.396 e. The van der Waals surface area contributed by atoms with Crippen LogP contribution >= 0.6 is 11.3 Å². The number of thiophene rings is 1. The number of hydrogen-bond donors (Lipinski definition) is 3. The van der Waals surface area contributed by atoms with Crippen LogP contribution in [0.5, 0.6) is 0 Å². The van der Waals surface area contributed by atoms with Crippen LogP contribution in [-0.4, -0.2) is 30.1 Å². The molecule has 110 valence electrons. The molecule has 0 aliphatic carbocycles. The molecule has 3 N–H and O–H groups in total. The molecule has 0 aliphatic rings. The molecule has 0 saturated heterocycles. The molecule has 0 saturated carbocycles. The lowest BCUT2D eigenvalue weighted by atomic mass is 10.2. The third-order valence-electron chi connectivity index (χ3n) is 2.75. The van der Waals surface area contributed by atoms with Crippen LogP contribution in [0.2, 0.25) is 0 Å². The van der Waals surface area contributed by atoms with Crippen molar-refractivity contribution in [3.05, 3.63) is 52.2 Å². The Morgan fingerprint density at radius 3 is 2.71 bits per heavy atom. The average Bonchev–Trinajstić information content (AvgIpc) is 3.02. The van der Waals surface area contributed by atoms with Crippen molar-refractivity contribution in [3.63, 3.8) is 0 Å². The molecule has 0 spiro atoms. The highest BCUT2D eigenvalue weighted by molar-refractivity contribution is 7.12. The van der Waals surface area contributed by atoms with E-state index in [9.17, 15) is 9.59 Å². The lowest BCUT2D eigenvalue weighted by Gasteiger charge is -2.07. The van der Waals surface area contributed by atoms with Gasteiger partial charge >= 0.3 is 0 Å². The fraction of sp³-hybridized carbons (Fsp3) is 0.200. The summed E-state index contributed by atoms with van der Waals surface area (Å²) in [4.78, 5) is 24.4. The summed E-state index contributed by atoms with van der Waals surface area (Å²) in [5, 5.41) is 16.0. The Balaban J connectivity index is 2.00. The van der Waals surface area contributed by atoms with E-state index in [-0.39, 0.29) is 18.4 Å². The maximum absolute atomic E-state index is 11.9. The van der Waals surface area contributed by atoms with Crippen molar-refractivity contribution in [3.8, 4) is 0 Å². The minimum atomic E-state index is -0.226. The molecular weight excluding hydrogens is 288 g/mol. The fourth-order valence-corrected chi connectivity index (χ4v) is 2.34. The third kappa shape index (κ3) is 4.40. The Hall–Kier alpha value is -2.18. The molecule has 0 aliphatic heterocycles. The molecule has 0 fully saturated rings. The molecule has 1 aromatic carbocycles. The minimum Gasteiger partial charge on any atom is -0.396 e. The highest BCUT2D eigenvalue weighted by atomic mass is 32.1. The van der Waals surface area contributed by atoms with Crippen LogP contribution in [0.25, 0.3) is 0 Å². The SMILES string of the molecule is O=C(NCCCO)c1cccc(NC(=O)c2cccs2)c1. The first kappa shape index (κ1) is 15.2. The Morgan fingerprint density at radius 2 is 2.00 bits per heavy atom. The van der Waals surface area contributed by atoms with Crippen LogP contribution in [0.15, 0.2) is 41.8 Å². The van der Waals surface area contributed by atoms with Gasteiger partial charge in [-0.1, -0.05) is 12.1 Å². The molecule has 2 rings (SSSR count). The summed E-state index contributed by atoms with van der Waals surface area (Å²) in [5.74, 6) is -0.418. The third-order valence-corrected chi connectivity index (χ3v) is 3.62. The summed E-state index contributed by atoms with van der Waals surface area (Å²) in [6, 6.07) is 10.3. The van der Waals surface area contributed by atoms with Gasteiger partial charge < -0.3 is 15.7 Å². The number of anilines is 1. The number of nitrogens with one attached hydrogen (secondary N) is 2. The van der Waals surface area contributed by atoms with Crippen molar-refractivity contribution >= 4 is 28.8 Å². The second-order valence-corrected chi connectivity index (χ2v) is 5.29. The van der Waals surface area contributed by atoms with E-state index in [0.717, 1.165) is 0 Å². The first-order chi connectivity index (χ1) is 10.2. The molecule has 0 unspecified atom stereocenters. The van der Waals surface area contributed by atoms with Gasteiger partial charge in [-0.2, -0.15) is 0 Å². The van der Waals surface area contributed by atoms with Gasteiger partial charge in [-0.05, 0) is 36.1 Å². The standard InChI is InChI=1S/C15H16N2O3S/c18-8-3-7-16-14(19)11-4-1-5-12(10-11)17-15(20)13-6-2-9-21-13/h1-2,4-6,9-10,18H,3,7-8H2,(H,16,19)(H,17,20). The first-order valence-corrected chi connectivity index (χ1v) is 7.42. The molecule has 0 atom stereocenters. The van der Waals surface area contributed by atoms with E-state index in [2.05, 4.69) is 10.6 Å². The van der Waals surface area contributed by atoms with Crippen LogP contribution < -0.4 is 10.6 Å². The smallest absolute Gasteiger partial charge is 0.265 e. The van der Waals surface area contributed by atoms with E-state index >= 15 is 0 Å². The fourth-order valence-electron chi connectivity index (χ4n) is 1.72. The number of carbonyl (C=O) groups is 2. The van der Waals surface area contributed by atoms with Gasteiger partial charge in [0.25, 0.3) is 11.8 Å². The van der Waals surface area contributed by atoms with Gasteiger partial charge in [0.1, 0.15) is 0 Å². The van der Waals surface area contributed by atoms with E-state index in [1.807, 2.05) is 11.4 Å². The summed E-state index contributed by atoms with van der Waals surface area (Å²) in [5.41, 5.74) is 1.04. The predicted molar refractivity (Wildman–Crippen MR) is 82.8 cm³/mol. The molecule has 2 amide bonds. The van der Waals surface area contributed by atoms with Crippen LogP contribution in [0.4, 0.5) is 5.69 Å². The summed E-state index contributed by atoms with van der Waals surface area (Å²) >= 11 is 1.36. The number of benzene rings is 1. The molecule has 0 radical (unpaired) electrons. The molecule has 0 bridgehead atoms. The number of aliphatic hydroxyl groups excluding tert-OH is 1. The monoisotopic (exact) mass is 304 g/mol. The van der Waals surface area contributed by atoms with E-state index in [1.165, 1.54) is 11.3 Å². The summed E-state index contributed by atoms with van der Waals surface area (Å²) in [7, 11) is 0. The topological polar surface area (TPSA) is 78.4 Å². The predicted octanol–water partition coefficient (Wildman–Crippen LogP) is 2.11. The van der Waals surface area contributed by atoms with Crippen molar-refractivity contribution in [2.75, 3.05) is 18.5 Å². The molecule has 6 heteroatoms. The van der Waals surface area contributed by atoms with Crippen molar-refractivity contribution in [1.29, 1.82) is 0 Å². The highest BCUT2D eigenvalue weighted by Crippen LogP contribution is 2.14. The van der Waals surface area contributed by atoms with Gasteiger partial charge in [-0.3, -0.25) is 9.59 Å². The zero-order chi connectivity index (χ0) is 15.1. The number of hydrogen-bond acceptors (Lipinski definition) is 4. The normalized spacial score (nSPS) is 10.1. The number of carbonyl (C=O) groups excluding carboxylic acids is 2. The van der Waals surface area contributed by atoms with Crippen molar-refractivity contribution in [2.24, 2.45) is 0 Å². The van der Waals surface area contributed by atoms with E-state index in [0.29, 0.717) is 29.1 Å². The summed E-state index contributed by atoms with van der Waals surface area (Å²) in [6.07, 6.45) is 0.514.